The van der Waals surface area contributed by atoms with Gasteiger partial charge in [-0.1, -0.05) is 25.4 Å². The summed E-state index contributed by atoms with van der Waals surface area (Å²) in [6, 6.07) is 6.25. The fourth-order valence-electron chi connectivity index (χ4n) is 2.12. The zero-order valence-electron chi connectivity index (χ0n) is 10.5. The zero-order valence-corrected chi connectivity index (χ0v) is 11.3. The topological polar surface area (TPSA) is 21.3 Å². The molecule has 94 valence electrons. The van der Waals surface area contributed by atoms with Crippen LogP contribution in [-0.2, 0) is 0 Å². The fourth-order valence-corrected chi connectivity index (χ4v) is 2.30. The lowest BCUT2D eigenvalue weighted by Crippen LogP contribution is -2.28. The standard InChI is InChI=1S/C14H20ClNO/c1-10(2)5-7-16-13-6-8-17-14-4-3-11(15)9-12(13)14/h3-4,9-10,13,16H,5-8H2,1-2H3. The summed E-state index contributed by atoms with van der Waals surface area (Å²) in [6.07, 6.45) is 2.22. The normalized spacial score (nSPS) is 18.9. The van der Waals surface area contributed by atoms with Gasteiger partial charge in [0.1, 0.15) is 5.75 Å². The van der Waals surface area contributed by atoms with Gasteiger partial charge in [0.15, 0.2) is 0 Å². The van der Waals surface area contributed by atoms with E-state index in [1.54, 1.807) is 0 Å². The second kappa shape index (κ2) is 5.74. The van der Waals surface area contributed by atoms with Crippen LogP contribution in [0, 0.1) is 5.92 Å². The van der Waals surface area contributed by atoms with Crippen molar-refractivity contribution in [3.63, 3.8) is 0 Å². The molecule has 1 aliphatic heterocycles. The average Bonchev–Trinajstić information content (AvgIpc) is 2.29. The minimum absolute atomic E-state index is 0.385. The zero-order chi connectivity index (χ0) is 12.3. The summed E-state index contributed by atoms with van der Waals surface area (Å²) in [6.45, 7) is 6.33. The van der Waals surface area contributed by atoms with Gasteiger partial charge in [0.05, 0.1) is 6.61 Å². The maximum atomic E-state index is 6.04. The molecule has 0 fully saturated rings. The Labute approximate surface area is 108 Å². The molecule has 0 aliphatic carbocycles. The van der Waals surface area contributed by atoms with E-state index in [-0.39, 0.29) is 0 Å². The van der Waals surface area contributed by atoms with Gasteiger partial charge < -0.3 is 10.1 Å². The highest BCUT2D eigenvalue weighted by molar-refractivity contribution is 6.30. The molecule has 0 radical (unpaired) electrons. The van der Waals surface area contributed by atoms with Crippen molar-refractivity contribution < 1.29 is 4.74 Å². The van der Waals surface area contributed by atoms with Gasteiger partial charge in [-0.05, 0) is 37.1 Å². The monoisotopic (exact) mass is 253 g/mol. The average molecular weight is 254 g/mol. The summed E-state index contributed by atoms with van der Waals surface area (Å²) in [5.41, 5.74) is 1.20. The number of halogens is 1. The Morgan fingerprint density at radius 3 is 3.06 bits per heavy atom. The molecule has 0 aromatic heterocycles. The first-order valence-electron chi connectivity index (χ1n) is 6.32. The van der Waals surface area contributed by atoms with Crippen LogP contribution in [0.4, 0.5) is 0 Å². The lowest BCUT2D eigenvalue weighted by atomic mass is 10.00. The Bertz CT molecular complexity index is 378. The minimum Gasteiger partial charge on any atom is -0.493 e. The Hall–Kier alpha value is -0.730. The van der Waals surface area contributed by atoms with E-state index in [0.29, 0.717) is 6.04 Å². The number of fused-ring (bicyclic) bond motifs is 1. The van der Waals surface area contributed by atoms with Crippen molar-refractivity contribution in [1.29, 1.82) is 0 Å². The summed E-state index contributed by atoms with van der Waals surface area (Å²) >= 11 is 6.04. The molecule has 1 unspecified atom stereocenters. The van der Waals surface area contributed by atoms with Crippen molar-refractivity contribution in [2.75, 3.05) is 13.2 Å². The summed E-state index contributed by atoms with van der Waals surface area (Å²) in [7, 11) is 0. The highest BCUT2D eigenvalue weighted by Crippen LogP contribution is 2.33. The third-order valence-electron chi connectivity index (χ3n) is 3.12. The molecule has 17 heavy (non-hydrogen) atoms. The highest BCUT2D eigenvalue weighted by atomic mass is 35.5. The molecular weight excluding hydrogens is 234 g/mol. The van der Waals surface area contributed by atoms with Crippen molar-refractivity contribution in [3.05, 3.63) is 28.8 Å². The van der Waals surface area contributed by atoms with Crippen LogP contribution in [0.5, 0.6) is 5.75 Å². The number of nitrogens with one attached hydrogen (secondary N) is 1. The van der Waals surface area contributed by atoms with Crippen molar-refractivity contribution in [1.82, 2.24) is 5.32 Å². The first-order valence-corrected chi connectivity index (χ1v) is 6.70. The van der Waals surface area contributed by atoms with E-state index in [0.717, 1.165) is 36.3 Å². The SMILES string of the molecule is CC(C)CCNC1CCOc2ccc(Cl)cc21. The van der Waals surface area contributed by atoms with Gasteiger partial charge in [-0.15, -0.1) is 0 Å². The van der Waals surface area contributed by atoms with Gasteiger partial charge in [0.25, 0.3) is 0 Å². The second-order valence-corrected chi connectivity index (χ2v) is 5.44. The van der Waals surface area contributed by atoms with E-state index in [1.807, 2.05) is 18.2 Å². The first kappa shape index (κ1) is 12.7. The largest absolute Gasteiger partial charge is 0.493 e. The number of hydrogen-bond acceptors (Lipinski definition) is 2. The van der Waals surface area contributed by atoms with Gasteiger partial charge in [-0.2, -0.15) is 0 Å². The van der Waals surface area contributed by atoms with Crippen LogP contribution in [-0.4, -0.2) is 13.2 Å². The highest BCUT2D eigenvalue weighted by Gasteiger charge is 2.20. The Kier molecular flexibility index (Phi) is 4.30. The van der Waals surface area contributed by atoms with E-state index < -0.39 is 0 Å². The summed E-state index contributed by atoms with van der Waals surface area (Å²) in [5.74, 6) is 1.71. The molecule has 0 saturated carbocycles. The van der Waals surface area contributed by atoms with Crippen molar-refractivity contribution >= 4 is 11.6 Å². The maximum absolute atomic E-state index is 6.04. The van der Waals surface area contributed by atoms with E-state index >= 15 is 0 Å². The number of rotatable bonds is 4. The molecule has 2 rings (SSSR count). The number of ether oxygens (including phenoxy) is 1. The fraction of sp³-hybridized carbons (Fsp3) is 0.571. The third-order valence-corrected chi connectivity index (χ3v) is 3.36. The van der Waals surface area contributed by atoms with Crippen LogP contribution < -0.4 is 10.1 Å². The van der Waals surface area contributed by atoms with Gasteiger partial charge >= 0.3 is 0 Å². The van der Waals surface area contributed by atoms with E-state index in [4.69, 9.17) is 16.3 Å². The predicted octanol–water partition coefficient (Wildman–Crippen LogP) is 3.80. The van der Waals surface area contributed by atoms with Crippen LogP contribution in [0.3, 0.4) is 0 Å². The van der Waals surface area contributed by atoms with Crippen molar-refractivity contribution in [3.8, 4) is 5.75 Å². The maximum Gasteiger partial charge on any atom is 0.124 e. The molecule has 0 amide bonds. The van der Waals surface area contributed by atoms with Crippen LogP contribution in [0.15, 0.2) is 18.2 Å². The Morgan fingerprint density at radius 2 is 2.29 bits per heavy atom. The Balaban J connectivity index is 2.03. The minimum atomic E-state index is 0.385. The van der Waals surface area contributed by atoms with E-state index in [2.05, 4.69) is 19.2 Å². The molecular formula is C14H20ClNO. The molecule has 2 nitrogen and oxygen atoms in total. The smallest absolute Gasteiger partial charge is 0.124 e. The van der Waals surface area contributed by atoms with Crippen molar-refractivity contribution in [2.45, 2.75) is 32.7 Å². The van der Waals surface area contributed by atoms with E-state index in [9.17, 15) is 0 Å². The lowest BCUT2D eigenvalue weighted by molar-refractivity contribution is 0.251. The van der Waals surface area contributed by atoms with Gasteiger partial charge in [0, 0.05) is 23.0 Å². The molecule has 1 N–H and O–H groups in total. The third kappa shape index (κ3) is 3.36. The lowest BCUT2D eigenvalue weighted by Gasteiger charge is -2.27. The molecule has 0 saturated heterocycles. The van der Waals surface area contributed by atoms with Crippen LogP contribution in [0.2, 0.25) is 5.02 Å². The number of hydrogen-bond donors (Lipinski definition) is 1. The van der Waals surface area contributed by atoms with Crippen molar-refractivity contribution in [2.24, 2.45) is 5.92 Å². The second-order valence-electron chi connectivity index (χ2n) is 5.01. The molecule has 3 heteroatoms. The predicted molar refractivity (Wildman–Crippen MR) is 71.8 cm³/mol. The summed E-state index contributed by atoms with van der Waals surface area (Å²) in [5, 5.41) is 4.38. The first-order chi connectivity index (χ1) is 8.16. The van der Waals surface area contributed by atoms with Gasteiger partial charge in [-0.25, -0.2) is 0 Å². The molecule has 0 bridgehead atoms. The summed E-state index contributed by atoms with van der Waals surface area (Å²) < 4.78 is 5.64. The molecule has 1 aromatic carbocycles. The molecule has 0 spiro atoms. The van der Waals surface area contributed by atoms with E-state index in [1.165, 1.54) is 12.0 Å². The summed E-state index contributed by atoms with van der Waals surface area (Å²) in [4.78, 5) is 0. The quantitative estimate of drug-likeness (QED) is 0.881. The molecule has 1 aromatic rings. The van der Waals surface area contributed by atoms with Crippen LogP contribution in [0.1, 0.15) is 38.3 Å². The molecule has 1 aliphatic rings. The van der Waals surface area contributed by atoms with Gasteiger partial charge in [0.2, 0.25) is 0 Å². The number of benzene rings is 1. The van der Waals surface area contributed by atoms with Gasteiger partial charge in [-0.3, -0.25) is 0 Å². The molecule has 1 heterocycles. The Morgan fingerprint density at radius 1 is 1.47 bits per heavy atom. The van der Waals surface area contributed by atoms with Crippen LogP contribution in [0.25, 0.3) is 0 Å². The molecule has 1 atom stereocenters. The van der Waals surface area contributed by atoms with Crippen LogP contribution >= 0.6 is 11.6 Å².